The minimum Gasteiger partial charge on any atom is -0.408 e. The highest BCUT2D eigenvalue weighted by Gasteiger charge is 2.31. The van der Waals surface area contributed by atoms with Crippen molar-refractivity contribution < 1.29 is 14.0 Å². The third-order valence-electron chi connectivity index (χ3n) is 5.69. The number of hydrogen-bond acceptors (Lipinski definition) is 5. The standard InChI is InChI=1S/C22H25N3O4S/c1-15(25-18-6-2-3-7-19(18)29-22(25)28)21(27)24-12-9-16(10-13-24)20(26)23-11-8-17-5-4-14-30-17/h2-7,14-16H,8-13H2,1H3,(H,23,26). The quantitative estimate of drug-likeness (QED) is 0.656. The van der Waals surface area contributed by atoms with Crippen LogP contribution in [0.2, 0.25) is 0 Å². The first-order chi connectivity index (χ1) is 14.5. The van der Waals surface area contributed by atoms with Crippen LogP contribution in [0.5, 0.6) is 0 Å². The number of rotatable bonds is 6. The summed E-state index contributed by atoms with van der Waals surface area (Å²) in [4.78, 5) is 40.7. The molecule has 158 valence electrons. The second kappa shape index (κ2) is 8.87. The molecule has 3 aromatic rings. The summed E-state index contributed by atoms with van der Waals surface area (Å²) in [6.45, 7) is 3.37. The lowest BCUT2D eigenvalue weighted by atomic mass is 9.95. The van der Waals surface area contributed by atoms with Crippen molar-refractivity contribution in [2.24, 2.45) is 5.92 Å². The van der Waals surface area contributed by atoms with Crippen molar-refractivity contribution in [1.29, 1.82) is 0 Å². The Kier molecular flexibility index (Phi) is 6.03. The van der Waals surface area contributed by atoms with E-state index < -0.39 is 11.8 Å². The predicted molar refractivity (Wildman–Crippen MR) is 116 cm³/mol. The Morgan fingerprint density at radius 1 is 1.20 bits per heavy atom. The third kappa shape index (κ3) is 4.18. The minimum absolute atomic E-state index is 0.0590. The van der Waals surface area contributed by atoms with Gasteiger partial charge >= 0.3 is 5.76 Å². The van der Waals surface area contributed by atoms with E-state index in [0.717, 1.165) is 6.42 Å². The van der Waals surface area contributed by atoms with Crippen molar-refractivity contribution >= 4 is 34.3 Å². The van der Waals surface area contributed by atoms with E-state index in [2.05, 4.69) is 11.4 Å². The molecule has 0 bridgehead atoms. The van der Waals surface area contributed by atoms with Crippen LogP contribution in [0.25, 0.3) is 11.1 Å². The number of benzene rings is 1. The molecule has 1 unspecified atom stereocenters. The molecule has 30 heavy (non-hydrogen) atoms. The molecule has 7 nitrogen and oxygen atoms in total. The molecule has 4 rings (SSSR count). The van der Waals surface area contributed by atoms with Gasteiger partial charge in [-0.05, 0) is 49.8 Å². The van der Waals surface area contributed by atoms with Gasteiger partial charge in [-0.2, -0.15) is 0 Å². The Morgan fingerprint density at radius 3 is 2.70 bits per heavy atom. The van der Waals surface area contributed by atoms with Crippen LogP contribution in [-0.2, 0) is 16.0 Å². The maximum Gasteiger partial charge on any atom is 0.420 e. The highest BCUT2D eigenvalue weighted by Crippen LogP contribution is 2.22. The molecule has 1 fully saturated rings. The average Bonchev–Trinajstić information content (AvgIpc) is 3.39. The van der Waals surface area contributed by atoms with Crippen LogP contribution in [0.1, 0.15) is 30.7 Å². The number of hydrogen-bond donors (Lipinski definition) is 1. The van der Waals surface area contributed by atoms with E-state index in [9.17, 15) is 14.4 Å². The fourth-order valence-electron chi connectivity index (χ4n) is 4.00. The van der Waals surface area contributed by atoms with Crippen molar-refractivity contribution in [1.82, 2.24) is 14.8 Å². The normalized spacial score (nSPS) is 16.0. The first-order valence-corrected chi connectivity index (χ1v) is 11.1. The number of piperidine rings is 1. The number of nitrogens with one attached hydrogen (secondary N) is 1. The number of oxazole rings is 1. The van der Waals surface area contributed by atoms with Crippen LogP contribution in [-0.4, -0.2) is 40.9 Å². The molecule has 3 heterocycles. The van der Waals surface area contributed by atoms with Gasteiger partial charge in [0.25, 0.3) is 0 Å². The molecular formula is C22H25N3O4S. The zero-order valence-electron chi connectivity index (χ0n) is 16.9. The number of carbonyl (C=O) groups excluding carboxylic acids is 2. The van der Waals surface area contributed by atoms with Crippen molar-refractivity contribution in [2.75, 3.05) is 19.6 Å². The van der Waals surface area contributed by atoms with Gasteiger partial charge in [0.2, 0.25) is 11.8 Å². The Morgan fingerprint density at radius 2 is 1.97 bits per heavy atom. The molecule has 1 aromatic carbocycles. The van der Waals surface area contributed by atoms with Gasteiger partial charge in [-0.1, -0.05) is 18.2 Å². The summed E-state index contributed by atoms with van der Waals surface area (Å²) >= 11 is 1.69. The van der Waals surface area contributed by atoms with Crippen LogP contribution < -0.4 is 11.1 Å². The van der Waals surface area contributed by atoms with Gasteiger partial charge in [-0.15, -0.1) is 11.3 Å². The van der Waals surface area contributed by atoms with E-state index >= 15 is 0 Å². The number of likely N-dealkylation sites (tertiary alicyclic amines) is 1. The number of aromatic nitrogens is 1. The number of thiophene rings is 1. The Bertz CT molecular complexity index is 1080. The molecule has 8 heteroatoms. The molecule has 1 N–H and O–H groups in total. The molecule has 2 amide bonds. The fourth-order valence-corrected chi connectivity index (χ4v) is 4.70. The minimum atomic E-state index is -0.655. The Labute approximate surface area is 178 Å². The van der Waals surface area contributed by atoms with E-state index in [4.69, 9.17) is 4.42 Å². The maximum absolute atomic E-state index is 13.0. The van der Waals surface area contributed by atoms with E-state index in [0.29, 0.717) is 43.6 Å². The SMILES string of the molecule is CC(C(=O)N1CCC(C(=O)NCCc2cccs2)CC1)n1c(=O)oc2ccccc21. The summed E-state index contributed by atoms with van der Waals surface area (Å²) in [6.07, 6.45) is 2.10. The lowest BCUT2D eigenvalue weighted by Crippen LogP contribution is -2.45. The summed E-state index contributed by atoms with van der Waals surface area (Å²) in [5.74, 6) is -0.675. The zero-order chi connectivity index (χ0) is 21.1. The van der Waals surface area contributed by atoms with Crippen LogP contribution in [0.15, 0.2) is 51.0 Å². The highest BCUT2D eigenvalue weighted by molar-refractivity contribution is 7.09. The van der Waals surface area contributed by atoms with Gasteiger partial charge in [-0.3, -0.25) is 14.2 Å². The largest absolute Gasteiger partial charge is 0.420 e. The molecule has 1 atom stereocenters. The van der Waals surface area contributed by atoms with Gasteiger partial charge in [-0.25, -0.2) is 4.79 Å². The first kappa shape index (κ1) is 20.4. The smallest absolute Gasteiger partial charge is 0.408 e. The molecular weight excluding hydrogens is 402 g/mol. The number of fused-ring (bicyclic) bond motifs is 1. The van der Waals surface area contributed by atoms with Gasteiger partial charge in [0, 0.05) is 30.4 Å². The first-order valence-electron chi connectivity index (χ1n) is 10.2. The summed E-state index contributed by atoms with van der Waals surface area (Å²) in [5.41, 5.74) is 1.09. The number of para-hydroxylation sites is 2. The lowest BCUT2D eigenvalue weighted by Gasteiger charge is -2.33. The summed E-state index contributed by atoms with van der Waals surface area (Å²) in [6, 6.07) is 10.5. The van der Waals surface area contributed by atoms with Crippen molar-refractivity contribution in [2.45, 2.75) is 32.2 Å². The molecule has 1 aliphatic rings. The molecule has 0 radical (unpaired) electrons. The Hall–Kier alpha value is -2.87. The summed E-state index contributed by atoms with van der Waals surface area (Å²) < 4.78 is 6.66. The van der Waals surface area contributed by atoms with Gasteiger partial charge in [0.15, 0.2) is 5.58 Å². The summed E-state index contributed by atoms with van der Waals surface area (Å²) in [7, 11) is 0. The van der Waals surface area contributed by atoms with Gasteiger partial charge < -0.3 is 14.6 Å². The van der Waals surface area contributed by atoms with E-state index in [-0.39, 0.29) is 17.7 Å². The number of carbonyl (C=O) groups is 2. The molecule has 0 saturated carbocycles. The molecule has 2 aromatic heterocycles. The van der Waals surface area contributed by atoms with Crippen LogP contribution in [0, 0.1) is 5.92 Å². The van der Waals surface area contributed by atoms with Crippen LogP contribution in [0.3, 0.4) is 0 Å². The van der Waals surface area contributed by atoms with E-state index in [1.165, 1.54) is 9.44 Å². The number of amides is 2. The highest BCUT2D eigenvalue weighted by atomic mass is 32.1. The van der Waals surface area contributed by atoms with E-state index in [1.807, 2.05) is 17.5 Å². The maximum atomic E-state index is 13.0. The number of nitrogens with zero attached hydrogens (tertiary/aromatic N) is 2. The monoisotopic (exact) mass is 427 g/mol. The van der Waals surface area contributed by atoms with E-state index in [1.54, 1.807) is 41.4 Å². The molecule has 0 aliphatic carbocycles. The van der Waals surface area contributed by atoms with Crippen LogP contribution in [0.4, 0.5) is 0 Å². The average molecular weight is 428 g/mol. The summed E-state index contributed by atoms with van der Waals surface area (Å²) in [5, 5.41) is 5.05. The zero-order valence-corrected chi connectivity index (χ0v) is 17.7. The van der Waals surface area contributed by atoms with Gasteiger partial charge in [0.1, 0.15) is 6.04 Å². The van der Waals surface area contributed by atoms with Crippen molar-refractivity contribution in [3.05, 3.63) is 57.2 Å². The molecule has 0 spiro atoms. The van der Waals surface area contributed by atoms with Crippen molar-refractivity contribution in [3.63, 3.8) is 0 Å². The second-order valence-electron chi connectivity index (χ2n) is 7.60. The molecule has 1 aliphatic heterocycles. The predicted octanol–water partition coefficient (Wildman–Crippen LogP) is 2.81. The molecule has 1 saturated heterocycles. The fraction of sp³-hybridized carbons (Fsp3) is 0.409. The lowest BCUT2D eigenvalue weighted by molar-refractivity contribution is -0.138. The van der Waals surface area contributed by atoms with Crippen LogP contribution >= 0.6 is 11.3 Å². The second-order valence-corrected chi connectivity index (χ2v) is 8.63. The van der Waals surface area contributed by atoms with Crippen molar-refractivity contribution in [3.8, 4) is 0 Å². The Balaban J connectivity index is 1.32. The topological polar surface area (TPSA) is 84.5 Å². The van der Waals surface area contributed by atoms with Gasteiger partial charge in [0.05, 0.1) is 5.52 Å². The third-order valence-corrected chi connectivity index (χ3v) is 6.63.